The van der Waals surface area contributed by atoms with Crippen molar-refractivity contribution in [1.29, 1.82) is 0 Å². The van der Waals surface area contributed by atoms with Gasteiger partial charge in [-0.1, -0.05) is 49.4 Å². The van der Waals surface area contributed by atoms with Crippen LogP contribution in [0.2, 0.25) is 0 Å². The molecule has 0 radical (unpaired) electrons. The van der Waals surface area contributed by atoms with Crippen LogP contribution in [-0.2, 0) is 32.0 Å². The largest absolute Gasteiger partial charge is 0.497 e. The molecule has 0 bridgehead atoms. The number of ether oxygens (including phenoxy) is 2. The lowest BCUT2D eigenvalue weighted by atomic mass is 9.89. The van der Waals surface area contributed by atoms with E-state index in [0.29, 0.717) is 26.0 Å². The molecule has 1 saturated heterocycles. The van der Waals surface area contributed by atoms with Gasteiger partial charge in [-0.2, -0.15) is 0 Å². The molecular formula is C28H36N2O5. The monoisotopic (exact) mass is 480 g/mol. The van der Waals surface area contributed by atoms with E-state index in [4.69, 9.17) is 9.47 Å². The van der Waals surface area contributed by atoms with Crippen LogP contribution in [0.3, 0.4) is 0 Å². The SMILES string of the molecule is CCN[C@@H](C)C(=O)C[C@@H](Cc1ccc(OC)cc1)C(=O)N[C@@H](Cc1ccccc1)C(=O)[C@@]1(C)CO1. The molecule has 1 heterocycles. The zero-order chi connectivity index (χ0) is 25.4. The fourth-order valence-electron chi connectivity index (χ4n) is 4.11. The summed E-state index contributed by atoms with van der Waals surface area (Å²) in [6.45, 7) is 6.50. The predicted octanol–water partition coefficient (Wildman–Crippen LogP) is 2.90. The maximum Gasteiger partial charge on any atom is 0.224 e. The lowest BCUT2D eigenvalue weighted by Gasteiger charge is -2.24. The molecule has 4 atom stereocenters. The number of nitrogens with one attached hydrogen (secondary N) is 2. The average Bonchev–Trinajstić information content (AvgIpc) is 3.62. The van der Waals surface area contributed by atoms with Crippen molar-refractivity contribution in [3.8, 4) is 5.75 Å². The molecule has 7 heteroatoms. The number of amides is 1. The summed E-state index contributed by atoms with van der Waals surface area (Å²) >= 11 is 0. The number of likely N-dealkylation sites (N-methyl/N-ethyl adjacent to an activating group) is 1. The summed E-state index contributed by atoms with van der Waals surface area (Å²) in [5.74, 6) is -0.389. The molecule has 2 aromatic carbocycles. The molecule has 1 aliphatic heterocycles. The van der Waals surface area contributed by atoms with Crippen LogP contribution in [0.5, 0.6) is 5.75 Å². The molecule has 1 aliphatic rings. The van der Waals surface area contributed by atoms with Crippen molar-refractivity contribution in [1.82, 2.24) is 10.6 Å². The Morgan fingerprint density at radius 1 is 1.03 bits per heavy atom. The minimum Gasteiger partial charge on any atom is -0.497 e. The molecule has 0 aromatic heterocycles. The highest BCUT2D eigenvalue weighted by Crippen LogP contribution is 2.29. The van der Waals surface area contributed by atoms with Crippen LogP contribution in [0, 0.1) is 5.92 Å². The van der Waals surface area contributed by atoms with E-state index in [9.17, 15) is 14.4 Å². The van der Waals surface area contributed by atoms with Gasteiger partial charge in [0.15, 0.2) is 5.78 Å². The first kappa shape index (κ1) is 26.6. The Kier molecular flexibility index (Phi) is 9.18. The molecule has 2 aromatic rings. The first-order valence-corrected chi connectivity index (χ1v) is 12.2. The summed E-state index contributed by atoms with van der Waals surface area (Å²) in [6, 6.07) is 15.9. The molecule has 0 aliphatic carbocycles. The highest BCUT2D eigenvalue weighted by Gasteiger charge is 2.50. The standard InChI is InChI=1S/C28H36N2O5/c1-5-29-19(2)25(31)17-22(15-21-11-13-23(34-4)14-12-21)27(33)30-24(26(32)28(3)18-35-28)16-20-9-7-6-8-10-20/h6-14,19,22,24,29H,5,15-18H2,1-4H3,(H,30,33)/t19-,22+,24-,28+/m0/s1. The number of rotatable bonds is 14. The van der Waals surface area contributed by atoms with Gasteiger partial charge in [-0.15, -0.1) is 0 Å². The van der Waals surface area contributed by atoms with E-state index >= 15 is 0 Å². The lowest BCUT2D eigenvalue weighted by molar-refractivity contribution is -0.134. The van der Waals surface area contributed by atoms with Crippen LogP contribution in [0.15, 0.2) is 54.6 Å². The third-order valence-corrected chi connectivity index (χ3v) is 6.47. The summed E-state index contributed by atoms with van der Waals surface area (Å²) in [4.78, 5) is 39.6. The number of hydrogen-bond donors (Lipinski definition) is 2. The van der Waals surface area contributed by atoms with E-state index < -0.39 is 17.6 Å². The van der Waals surface area contributed by atoms with Gasteiger partial charge in [0, 0.05) is 12.3 Å². The van der Waals surface area contributed by atoms with Crippen LogP contribution >= 0.6 is 0 Å². The molecule has 0 unspecified atom stereocenters. The molecule has 2 N–H and O–H groups in total. The summed E-state index contributed by atoms with van der Waals surface area (Å²) in [5.41, 5.74) is 0.991. The van der Waals surface area contributed by atoms with E-state index in [1.54, 1.807) is 21.0 Å². The minimum absolute atomic E-state index is 0.0380. The molecule has 35 heavy (non-hydrogen) atoms. The Morgan fingerprint density at radius 3 is 2.23 bits per heavy atom. The number of carbonyl (C=O) groups is 3. The fourth-order valence-corrected chi connectivity index (χ4v) is 4.11. The van der Waals surface area contributed by atoms with Crippen molar-refractivity contribution in [3.05, 3.63) is 65.7 Å². The minimum atomic E-state index is -0.867. The fraction of sp³-hybridized carbons (Fsp3) is 0.464. The van der Waals surface area contributed by atoms with Crippen LogP contribution in [0.25, 0.3) is 0 Å². The van der Waals surface area contributed by atoms with Gasteiger partial charge >= 0.3 is 0 Å². The van der Waals surface area contributed by atoms with E-state index in [0.717, 1.165) is 16.9 Å². The zero-order valence-electron chi connectivity index (χ0n) is 21.0. The quantitative estimate of drug-likeness (QED) is 0.404. The Balaban J connectivity index is 1.80. The molecule has 188 valence electrons. The van der Waals surface area contributed by atoms with Gasteiger partial charge in [-0.3, -0.25) is 14.4 Å². The second-order valence-corrected chi connectivity index (χ2v) is 9.33. The molecule has 1 fully saturated rings. The van der Waals surface area contributed by atoms with E-state index in [-0.39, 0.29) is 29.9 Å². The number of Topliss-reactive ketones (excluding diaryl/α,β-unsaturated/α-hetero) is 2. The van der Waals surface area contributed by atoms with E-state index in [1.807, 2.05) is 61.5 Å². The van der Waals surface area contributed by atoms with Crippen molar-refractivity contribution in [3.63, 3.8) is 0 Å². The first-order valence-electron chi connectivity index (χ1n) is 12.2. The van der Waals surface area contributed by atoms with E-state index in [2.05, 4.69) is 10.6 Å². The maximum atomic E-state index is 13.5. The van der Waals surface area contributed by atoms with Crippen LogP contribution < -0.4 is 15.4 Å². The normalized spacial score (nSPS) is 19.3. The first-order chi connectivity index (χ1) is 16.8. The summed E-state index contributed by atoms with van der Waals surface area (Å²) < 4.78 is 10.6. The summed E-state index contributed by atoms with van der Waals surface area (Å²) in [6.07, 6.45) is 0.813. The van der Waals surface area contributed by atoms with Crippen LogP contribution in [0.4, 0.5) is 0 Å². The lowest BCUT2D eigenvalue weighted by Crippen LogP contribution is -2.50. The van der Waals surface area contributed by atoms with Crippen molar-refractivity contribution < 1.29 is 23.9 Å². The number of hydrogen-bond acceptors (Lipinski definition) is 6. The summed E-state index contributed by atoms with van der Waals surface area (Å²) in [5, 5.41) is 6.09. The number of epoxide rings is 1. The van der Waals surface area contributed by atoms with Crippen molar-refractivity contribution in [2.24, 2.45) is 5.92 Å². The molecule has 1 amide bonds. The Bertz CT molecular complexity index is 1000. The zero-order valence-corrected chi connectivity index (χ0v) is 21.0. The van der Waals surface area contributed by atoms with Gasteiger partial charge in [0.1, 0.15) is 17.1 Å². The second-order valence-electron chi connectivity index (χ2n) is 9.33. The van der Waals surface area contributed by atoms with Crippen molar-refractivity contribution >= 4 is 17.5 Å². The van der Waals surface area contributed by atoms with Crippen LogP contribution in [-0.4, -0.2) is 55.4 Å². The molecule has 0 saturated carbocycles. The van der Waals surface area contributed by atoms with Gasteiger partial charge in [0.25, 0.3) is 0 Å². The van der Waals surface area contributed by atoms with Gasteiger partial charge in [0.05, 0.1) is 25.8 Å². The van der Waals surface area contributed by atoms with Gasteiger partial charge in [-0.05, 0) is 56.5 Å². The van der Waals surface area contributed by atoms with Crippen LogP contribution in [0.1, 0.15) is 38.3 Å². The topological polar surface area (TPSA) is 97.0 Å². The second kappa shape index (κ2) is 12.1. The highest BCUT2D eigenvalue weighted by molar-refractivity contribution is 5.97. The van der Waals surface area contributed by atoms with Crippen molar-refractivity contribution in [2.45, 2.75) is 57.7 Å². The number of methoxy groups -OCH3 is 1. The summed E-state index contributed by atoms with van der Waals surface area (Å²) in [7, 11) is 1.60. The van der Waals surface area contributed by atoms with Gasteiger partial charge < -0.3 is 20.1 Å². The predicted molar refractivity (Wildman–Crippen MR) is 134 cm³/mol. The molecule has 7 nitrogen and oxygen atoms in total. The Morgan fingerprint density at radius 2 is 1.66 bits per heavy atom. The third-order valence-electron chi connectivity index (χ3n) is 6.47. The Hall–Kier alpha value is -3.03. The van der Waals surface area contributed by atoms with Crippen molar-refractivity contribution in [2.75, 3.05) is 20.3 Å². The molecule has 0 spiro atoms. The van der Waals surface area contributed by atoms with Gasteiger partial charge in [0.2, 0.25) is 5.91 Å². The maximum absolute atomic E-state index is 13.5. The highest BCUT2D eigenvalue weighted by atomic mass is 16.6. The third kappa shape index (κ3) is 7.47. The average molecular weight is 481 g/mol. The molecule has 3 rings (SSSR count). The smallest absolute Gasteiger partial charge is 0.224 e. The number of ketones is 2. The number of benzene rings is 2. The Labute approximate surface area is 207 Å². The number of carbonyl (C=O) groups excluding carboxylic acids is 3. The van der Waals surface area contributed by atoms with E-state index in [1.165, 1.54) is 0 Å². The molecular weight excluding hydrogens is 444 g/mol. The van der Waals surface area contributed by atoms with Gasteiger partial charge in [-0.25, -0.2) is 0 Å².